The van der Waals surface area contributed by atoms with Crippen LogP contribution in [0.1, 0.15) is 17.1 Å². The standard InChI is InChI=1S/C14H18N2O/c1-11-5-6-14(17-11)10-16-8-7-12-3-2-4-13(15)9-12/h2-6,9,16H,7-8,10,15H2,1H3. The van der Waals surface area contributed by atoms with Gasteiger partial charge in [0.25, 0.3) is 0 Å². The summed E-state index contributed by atoms with van der Waals surface area (Å²) in [6, 6.07) is 12.0. The summed E-state index contributed by atoms with van der Waals surface area (Å²) < 4.78 is 5.47. The second-order valence-corrected chi connectivity index (χ2v) is 4.18. The molecule has 17 heavy (non-hydrogen) atoms. The minimum absolute atomic E-state index is 0.774. The van der Waals surface area contributed by atoms with Crippen molar-refractivity contribution >= 4 is 5.69 Å². The Balaban J connectivity index is 1.73. The van der Waals surface area contributed by atoms with Gasteiger partial charge in [0, 0.05) is 5.69 Å². The van der Waals surface area contributed by atoms with Crippen molar-refractivity contribution in [1.82, 2.24) is 5.32 Å². The van der Waals surface area contributed by atoms with Crippen LogP contribution in [0.5, 0.6) is 0 Å². The summed E-state index contributed by atoms with van der Waals surface area (Å²) in [7, 11) is 0. The van der Waals surface area contributed by atoms with E-state index in [2.05, 4.69) is 11.4 Å². The van der Waals surface area contributed by atoms with Crippen LogP contribution in [0.2, 0.25) is 0 Å². The Morgan fingerprint density at radius 2 is 2.12 bits per heavy atom. The fraction of sp³-hybridized carbons (Fsp3) is 0.286. The third-order valence-electron chi connectivity index (χ3n) is 2.64. The zero-order chi connectivity index (χ0) is 12.1. The number of aryl methyl sites for hydroxylation is 1. The largest absolute Gasteiger partial charge is 0.465 e. The highest BCUT2D eigenvalue weighted by molar-refractivity contribution is 5.40. The molecule has 3 heteroatoms. The maximum absolute atomic E-state index is 5.72. The van der Waals surface area contributed by atoms with Gasteiger partial charge in [-0.05, 0) is 49.7 Å². The topological polar surface area (TPSA) is 51.2 Å². The van der Waals surface area contributed by atoms with Gasteiger partial charge in [-0.3, -0.25) is 0 Å². The number of nitrogen functional groups attached to an aromatic ring is 1. The van der Waals surface area contributed by atoms with Gasteiger partial charge in [0.05, 0.1) is 6.54 Å². The molecule has 0 fully saturated rings. The molecule has 1 heterocycles. The van der Waals surface area contributed by atoms with Crippen molar-refractivity contribution in [2.24, 2.45) is 0 Å². The third kappa shape index (κ3) is 3.64. The van der Waals surface area contributed by atoms with Crippen molar-refractivity contribution in [2.75, 3.05) is 12.3 Å². The van der Waals surface area contributed by atoms with Gasteiger partial charge in [-0.25, -0.2) is 0 Å². The van der Waals surface area contributed by atoms with E-state index in [1.807, 2.05) is 37.3 Å². The lowest BCUT2D eigenvalue weighted by Gasteiger charge is -2.04. The van der Waals surface area contributed by atoms with Gasteiger partial charge in [-0.1, -0.05) is 12.1 Å². The van der Waals surface area contributed by atoms with E-state index in [0.717, 1.165) is 36.7 Å². The molecule has 2 aromatic rings. The lowest BCUT2D eigenvalue weighted by molar-refractivity contribution is 0.463. The molecule has 0 spiro atoms. The molecular weight excluding hydrogens is 212 g/mol. The monoisotopic (exact) mass is 230 g/mol. The maximum atomic E-state index is 5.72. The predicted molar refractivity (Wildman–Crippen MR) is 69.7 cm³/mol. The van der Waals surface area contributed by atoms with Crippen molar-refractivity contribution in [2.45, 2.75) is 19.9 Å². The van der Waals surface area contributed by atoms with E-state index < -0.39 is 0 Å². The van der Waals surface area contributed by atoms with Gasteiger partial charge in [-0.2, -0.15) is 0 Å². The van der Waals surface area contributed by atoms with Gasteiger partial charge >= 0.3 is 0 Å². The van der Waals surface area contributed by atoms with Gasteiger partial charge in [-0.15, -0.1) is 0 Å². The summed E-state index contributed by atoms with van der Waals surface area (Å²) in [5, 5.41) is 3.35. The van der Waals surface area contributed by atoms with Crippen molar-refractivity contribution < 1.29 is 4.42 Å². The molecule has 3 N–H and O–H groups in total. The van der Waals surface area contributed by atoms with Crippen LogP contribution in [-0.2, 0) is 13.0 Å². The molecule has 2 rings (SSSR count). The van der Waals surface area contributed by atoms with Crippen molar-refractivity contribution in [3.63, 3.8) is 0 Å². The van der Waals surface area contributed by atoms with Gasteiger partial charge in [0.15, 0.2) is 0 Å². The second-order valence-electron chi connectivity index (χ2n) is 4.18. The molecular formula is C14H18N2O. The van der Waals surface area contributed by atoms with Crippen LogP contribution in [-0.4, -0.2) is 6.54 Å². The molecule has 0 saturated heterocycles. The highest BCUT2D eigenvalue weighted by Gasteiger charge is 1.98. The summed E-state index contributed by atoms with van der Waals surface area (Å²) in [4.78, 5) is 0. The molecule has 0 aliphatic heterocycles. The molecule has 0 aliphatic rings. The van der Waals surface area contributed by atoms with Crippen molar-refractivity contribution in [3.05, 3.63) is 53.5 Å². The fourth-order valence-corrected chi connectivity index (χ4v) is 1.77. The molecule has 0 unspecified atom stereocenters. The van der Waals surface area contributed by atoms with E-state index >= 15 is 0 Å². The van der Waals surface area contributed by atoms with Gasteiger partial charge in [0.2, 0.25) is 0 Å². The van der Waals surface area contributed by atoms with Crippen LogP contribution in [0.4, 0.5) is 5.69 Å². The first-order valence-electron chi connectivity index (χ1n) is 5.84. The minimum atomic E-state index is 0.774. The molecule has 0 amide bonds. The molecule has 0 saturated carbocycles. The first-order valence-corrected chi connectivity index (χ1v) is 5.84. The van der Waals surface area contributed by atoms with E-state index in [1.165, 1.54) is 5.56 Å². The Bertz CT molecular complexity index is 477. The Morgan fingerprint density at radius 1 is 1.24 bits per heavy atom. The number of nitrogens with two attached hydrogens (primary N) is 1. The second kappa shape index (κ2) is 5.55. The summed E-state index contributed by atoms with van der Waals surface area (Å²) in [6.07, 6.45) is 0.977. The average Bonchev–Trinajstić information content (AvgIpc) is 2.71. The van der Waals surface area contributed by atoms with Crippen LogP contribution < -0.4 is 11.1 Å². The Labute approximate surface area is 102 Å². The number of hydrogen-bond donors (Lipinski definition) is 2. The van der Waals surface area contributed by atoms with Gasteiger partial charge < -0.3 is 15.5 Å². The first kappa shape index (κ1) is 11.7. The average molecular weight is 230 g/mol. The Kier molecular flexibility index (Phi) is 3.83. The third-order valence-corrected chi connectivity index (χ3v) is 2.64. The zero-order valence-corrected chi connectivity index (χ0v) is 10.1. The minimum Gasteiger partial charge on any atom is -0.465 e. The van der Waals surface area contributed by atoms with E-state index in [-0.39, 0.29) is 0 Å². The summed E-state index contributed by atoms with van der Waals surface area (Å²) in [5.41, 5.74) is 7.80. The number of rotatable bonds is 5. The number of furan rings is 1. The Hall–Kier alpha value is -1.74. The Morgan fingerprint density at radius 3 is 2.82 bits per heavy atom. The molecule has 0 bridgehead atoms. The maximum Gasteiger partial charge on any atom is 0.117 e. The highest BCUT2D eigenvalue weighted by Crippen LogP contribution is 2.07. The van der Waals surface area contributed by atoms with E-state index in [9.17, 15) is 0 Å². The molecule has 3 nitrogen and oxygen atoms in total. The van der Waals surface area contributed by atoms with Crippen LogP contribution in [0.15, 0.2) is 40.8 Å². The molecule has 1 aromatic heterocycles. The van der Waals surface area contributed by atoms with E-state index in [4.69, 9.17) is 10.2 Å². The van der Waals surface area contributed by atoms with Crippen LogP contribution in [0.25, 0.3) is 0 Å². The molecule has 1 aromatic carbocycles. The predicted octanol–water partition coefficient (Wildman–Crippen LogP) is 2.50. The first-order chi connectivity index (χ1) is 8.24. The van der Waals surface area contributed by atoms with Crippen molar-refractivity contribution in [3.8, 4) is 0 Å². The summed E-state index contributed by atoms with van der Waals surface area (Å²) in [5.74, 6) is 1.94. The quantitative estimate of drug-likeness (QED) is 0.613. The normalized spacial score (nSPS) is 10.6. The zero-order valence-electron chi connectivity index (χ0n) is 10.1. The lowest BCUT2D eigenvalue weighted by atomic mass is 10.1. The van der Waals surface area contributed by atoms with E-state index in [0.29, 0.717) is 0 Å². The fourth-order valence-electron chi connectivity index (χ4n) is 1.77. The van der Waals surface area contributed by atoms with Crippen LogP contribution in [0.3, 0.4) is 0 Å². The summed E-state index contributed by atoms with van der Waals surface area (Å²) in [6.45, 7) is 3.65. The van der Waals surface area contributed by atoms with E-state index in [1.54, 1.807) is 0 Å². The molecule has 0 radical (unpaired) electrons. The number of hydrogen-bond acceptors (Lipinski definition) is 3. The summed E-state index contributed by atoms with van der Waals surface area (Å²) >= 11 is 0. The molecule has 0 atom stereocenters. The number of anilines is 1. The van der Waals surface area contributed by atoms with Crippen LogP contribution >= 0.6 is 0 Å². The SMILES string of the molecule is Cc1ccc(CNCCc2cccc(N)c2)o1. The number of nitrogens with one attached hydrogen (secondary N) is 1. The lowest BCUT2D eigenvalue weighted by Crippen LogP contribution is -2.16. The van der Waals surface area contributed by atoms with Gasteiger partial charge in [0.1, 0.15) is 11.5 Å². The van der Waals surface area contributed by atoms with Crippen LogP contribution in [0, 0.1) is 6.92 Å². The molecule has 0 aliphatic carbocycles. The molecule has 90 valence electrons. The highest BCUT2D eigenvalue weighted by atomic mass is 16.3. The number of benzene rings is 1. The smallest absolute Gasteiger partial charge is 0.117 e. The van der Waals surface area contributed by atoms with Crippen molar-refractivity contribution in [1.29, 1.82) is 0 Å².